The van der Waals surface area contributed by atoms with Gasteiger partial charge in [0.1, 0.15) is 0 Å². The SMILES string of the molecule is CCC1(C)CCN(Cc2cc(C#CCN)cs2)CC1. The maximum Gasteiger partial charge on any atom is 0.0555 e. The molecule has 2 rings (SSSR count). The summed E-state index contributed by atoms with van der Waals surface area (Å²) in [5, 5.41) is 2.14. The zero-order valence-corrected chi connectivity index (χ0v) is 12.9. The first-order valence-corrected chi connectivity index (χ1v) is 8.02. The first-order valence-electron chi connectivity index (χ1n) is 7.14. The molecule has 0 aromatic carbocycles. The van der Waals surface area contributed by atoms with Gasteiger partial charge in [-0.2, -0.15) is 0 Å². The molecule has 19 heavy (non-hydrogen) atoms. The van der Waals surface area contributed by atoms with Crippen LogP contribution in [0.1, 0.15) is 43.6 Å². The van der Waals surface area contributed by atoms with Crippen molar-refractivity contribution < 1.29 is 0 Å². The lowest BCUT2D eigenvalue weighted by Gasteiger charge is -2.38. The highest BCUT2D eigenvalue weighted by Crippen LogP contribution is 2.34. The number of nitrogens with two attached hydrogens (primary N) is 1. The number of hydrogen-bond acceptors (Lipinski definition) is 3. The van der Waals surface area contributed by atoms with Crippen LogP contribution >= 0.6 is 11.3 Å². The lowest BCUT2D eigenvalue weighted by Crippen LogP contribution is -2.37. The molecule has 1 aromatic heterocycles. The van der Waals surface area contributed by atoms with Crippen molar-refractivity contribution in [2.45, 2.75) is 39.7 Å². The molecule has 0 radical (unpaired) electrons. The minimum Gasteiger partial charge on any atom is -0.320 e. The topological polar surface area (TPSA) is 29.3 Å². The summed E-state index contributed by atoms with van der Waals surface area (Å²) in [5.41, 5.74) is 7.08. The number of piperidine rings is 1. The summed E-state index contributed by atoms with van der Waals surface area (Å²) >= 11 is 1.81. The first-order chi connectivity index (χ1) is 9.15. The molecular formula is C16H24N2S. The van der Waals surface area contributed by atoms with Gasteiger partial charge >= 0.3 is 0 Å². The average molecular weight is 276 g/mol. The van der Waals surface area contributed by atoms with E-state index in [1.807, 2.05) is 11.3 Å². The first kappa shape index (κ1) is 14.6. The van der Waals surface area contributed by atoms with E-state index in [9.17, 15) is 0 Å². The second kappa shape index (κ2) is 6.56. The van der Waals surface area contributed by atoms with Crippen molar-refractivity contribution in [1.29, 1.82) is 0 Å². The number of likely N-dealkylation sites (tertiary alicyclic amines) is 1. The van der Waals surface area contributed by atoms with E-state index >= 15 is 0 Å². The van der Waals surface area contributed by atoms with Crippen LogP contribution in [0.4, 0.5) is 0 Å². The number of hydrogen-bond donors (Lipinski definition) is 1. The summed E-state index contributed by atoms with van der Waals surface area (Å²) in [5.74, 6) is 6.01. The summed E-state index contributed by atoms with van der Waals surface area (Å²) < 4.78 is 0. The van der Waals surface area contributed by atoms with Gasteiger partial charge in [-0.25, -0.2) is 0 Å². The number of rotatable bonds is 3. The van der Waals surface area contributed by atoms with E-state index in [1.54, 1.807) is 0 Å². The highest BCUT2D eigenvalue weighted by Gasteiger charge is 2.28. The standard InChI is InChI=1S/C16H24N2S/c1-3-16(2)6-9-18(10-7-16)12-15-11-14(13-19-15)5-4-8-17/h11,13H,3,6-10,12,17H2,1-2H3. The van der Waals surface area contributed by atoms with Gasteiger partial charge in [0, 0.05) is 22.4 Å². The molecule has 2 N–H and O–H groups in total. The molecule has 0 spiro atoms. The molecule has 104 valence electrons. The lowest BCUT2D eigenvalue weighted by atomic mass is 9.78. The van der Waals surface area contributed by atoms with Gasteiger partial charge in [-0.1, -0.05) is 32.1 Å². The Morgan fingerprint density at radius 2 is 2.16 bits per heavy atom. The Bertz CT molecular complexity index is 459. The molecule has 0 bridgehead atoms. The van der Waals surface area contributed by atoms with Gasteiger partial charge in [0.05, 0.1) is 6.54 Å². The largest absolute Gasteiger partial charge is 0.320 e. The average Bonchev–Trinajstić information content (AvgIpc) is 2.87. The molecule has 0 atom stereocenters. The van der Waals surface area contributed by atoms with Crippen molar-refractivity contribution >= 4 is 11.3 Å². The maximum atomic E-state index is 5.39. The van der Waals surface area contributed by atoms with E-state index in [4.69, 9.17) is 5.73 Å². The van der Waals surface area contributed by atoms with Crippen molar-refractivity contribution in [2.24, 2.45) is 11.1 Å². The van der Waals surface area contributed by atoms with E-state index in [0.717, 1.165) is 12.1 Å². The summed E-state index contributed by atoms with van der Waals surface area (Å²) in [4.78, 5) is 3.99. The monoisotopic (exact) mass is 276 g/mol. The zero-order chi connectivity index (χ0) is 13.7. The second-order valence-electron chi connectivity index (χ2n) is 5.75. The molecule has 2 heterocycles. The van der Waals surface area contributed by atoms with Gasteiger partial charge in [0.2, 0.25) is 0 Å². The third kappa shape index (κ3) is 4.07. The van der Waals surface area contributed by atoms with Gasteiger partial charge in [0.15, 0.2) is 0 Å². The van der Waals surface area contributed by atoms with Crippen LogP contribution in [0.2, 0.25) is 0 Å². The fourth-order valence-electron chi connectivity index (χ4n) is 2.51. The van der Waals surface area contributed by atoms with Crippen molar-refractivity contribution in [3.63, 3.8) is 0 Å². The van der Waals surface area contributed by atoms with Gasteiger partial charge in [-0.05, 0) is 37.4 Å². The zero-order valence-electron chi connectivity index (χ0n) is 12.0. The summed E-state index contributed by atoms with van der Waals surface area (Å²) in [7, 11) is 0. The lowest BCUT2D eigenvalue weighted by molar-refractivity contribution is 0.110. The van der Waals surface area contributed by atoms with Crippen LogP contribution in [-0.4, -0.2) is 24.5 Å². The molecule has 0 saturated carbocycles. The van der Waals surface area contributed by atoms with E-state index in [0.29, 0.717) is 12.0 Å². The van der Waals surface area contributed by atoms with Crippen LogP contribution in [-0.2, 0) is 6.54 Å². The molecule has 1 aliphatic rings. The third-order valence-corrected chi connectivity index (χ3v) is 5.21. The van der Waals surface area contributed by atoms with E-state index in [-0.39, 0.29) is 0 Å². The smallest absolute Gasteiger partial charge is 0.0555 e. The van der Waals surface area contributed by atoms with Gasteiger partial charge < -0.3 is 5.73 Å². The maximum absolute atomic E-state index is 5.39. The number of nitrogens with zero attached hydrogens (tertiary/aromatic N) is 1. The Labute approximate surface area is 121 Å². The normalized spacial score (nSPS) is 18.9. The fourth-order valence-corrected chi connectivity index (χ4v) is 3.36. The molecule has 3 heteroatoms. The van der Waals surface area contributed by atoms with Crippen LogP contribution in [0.25, 0.3) is 0 Å². The Morgan fingerprint density at radius 3 is 2.79 bits per heavy atom. The van der Waals surface area contributed by atoms with Gasteiger partial charge in [-0.15, -0.1) is 11.3 Å². The minimum absolute atomic E-state index is 0.437. The van der Waals surface area contributed by atoms with E-state index in [2.05, 4.69) is 42.0 Å². The molecular weight excluding hydrogens is 252 g/mol. The molecule has 0 unspecified atom stereocenters. The van der Waals surface area contributed by atoms with Crippen LogP contribution < -0.4 is 5.73 Å². The summed E-state index contributed by atoms with van der Waals surface area (Å²) in [6.07, 6.45) is 3.96. The van der Waals surface area contributed by atoms with Crippen LogP contribution in [0.3, 0.4) is 0 Å². The Morgan fingerprint density at radius 1 is 1.42 bits per heavy atom. The number of thiophene rings is 1. The highest BCUT2D eigenvalue weighted by atomic mass is 32.1. The Kier molecular flexibility index (Phi) is 5.04. The minimum atomic E-state index is 0.437. The van der Waals surface area contributed by atoms with Gasteiger partial charge in [0.25, 0.3) is 0 Å². The summed E-state index contributed by atoms with van der Waals surface area (Å²) in [6, 6.07) is 2.21. The molecule has 1 aliphatic heterocycles. The van der Waals surface area contributed by atoms with Crippen molar-refractivity contribution in [3.8, 4) is 11.8 Å². The predicted molar refractivity (Wildman–Crippen MR) is 83.2 cm³/mol. The molecule has 1 fully saturated rings. The Balaban J connectivity index is 1.87. The molecule has 1 aromatic rings. The molecule has 2 nitrogen and oxygen atoms in total. The Hall–Kier alpha value is -0.820. The van der Waals surface area contributed by atoms with E-state index in [1.165, 1.54) is 37.2 Å². The van der Waals surface area contributed by atoms with Crippen LogP contribution in [0.5, 0.6) is 0 Å². The van der Waals surface area contributed by atoms with Crippen molar-refractivity contribution in [2.75, 3.05) is 19.6 Å². The summed E-state index contributed by atoms with van der Waals surface area (Å²) in [6.45, 7) is 8.72. The van der Waals surface area contributed by atoms with Crippen molar-refractivity contribution in [3.05, 3.63) is 21.9 Å². The second-order valence-corrected chi connectivity index (χ2v) is 6.74. The molecule has 0 amide bonds. The predicted octanol–water partition coefficient (Wildman–Crippen LogP) is 3.07. The van der Waals surface area contributed by atoms with Crippen LogP contribution in [0, 0.1) is 17.3 Å². The molecule has 1 saturated heterocycles. The fraction of sp³-hybridized carbons (Fsp3) is 0.625. The van der Waals surface area contributed by atoms with Gasteiger partial charge in [-0.3, -0.25) is 4.90 Å². The van der Waals surface area contributed by atoms with Crippen LogP contribution in [0.15, 0.2) is 11.4 Å². The highest BCUT2D eigenvalue weighted by molar-refractivity contribution is 7.10. The molecule has 0 aliphatic carbocycles. The third-order valence-electron chi connectivity index (χ3n) is 4.28. The quantitative estimate of drug-likeness (QED) is 0.860. The van der Waals surface area contributed by atoms with E-state index < -0.39 is 0 Å². The van der Waals surface area contributed by atoms with Crippen molar-refractivity contribution in [1.82, 2.24) is 4.90 Å².